The molecule has 1 saturated heterocycles. The molecule has 0 aromatic heterocycles. The van der Waals surface area contributed by atoms with Gasteiger partial charge in [-0.3, -0.25) is 4.79 Å². The third kappa shape index (κ3) is 4.81. The van der Waals surface area contributed by atoms with Gasteiger partial charge < -0.3 is 15.7 Å². The minimum atomic E-state index is -0.580. The average Bonchev–Trinajstić information content (AvgIpc) is 3.04. The minimum absolute atomic E-state index is 0.148. The van der Waals surface area contributed by atoms with Gasteiger partial charge in [0.25, 0.3) is 0 Å². The van der Waals surface area contributed by atoms with Gasteiger partial charge in [0.15, 0.2) is 0 Å². The molecule has 0 radical (unpaired) electrons. The maximum absolute atomic E-state index is 12.1. The Kier molecular flexibility index (Phi) is 6.27. The van der Waals surface area contributed by atoms with E-state index in [-0.39, 0.29) is 5.91 Å². The molecular weight excluding hydrogens is 300 g/mol. The van der Waals surface area contributed by atoms with Crippen LogP contribution in [0.15, 0.2) is 24.3 Å². The smallest absolute Gasteiger partial charge is 0.244 e. The lowest BCUT2D eigenvalue weighted by molar-refractivity contribution is -0.119. The van der Waals surface area contributed by atoms with Crippen LogP contribution in [0.3, 0.4) is 0 Å². The minimum Gasteiger partial charge on any atom is -0.391 e. The summed E-state index contributed by atoms with van der Waals surface area (Å²) < 4.78 is 0. The molecule has 24 heavy (non-hydrogen) atoms. The van der Waals surface area contributed by atoms with Crippen molar-refractivity contribution in [3.8, 4) is 0 Å². The predicted molar refractivity (Wildman–Crippen MR) is 97.0 cm³/mol. The number of benzene rings is 1. The standard InChI is InChI=1S/C20H30N2O2/c23-18-13-14-21-19(18)20(24)22-17-11-9-16(10-12-17)8-4-7-15-5-2-1-3-6-15/h9-12,15,18-19,21,23H,1-8,13-14H2,(H,22,24)/t18-,19-/m0/s1. The molecule has 3 N–H and O–H groups in total. The Bertz CT molecular complexity index is 523. The van der Waals surface area contributed by atoms with Crippen molar-refractivity contribution in [1.82, 2.24) is 5.32 Å². The van der Waals surface area contributed by atoms with Crippen LogP contribution in [0, 0.1) is 5.92 Å². The molecule has 0 bridgehead atoms. The fourth-order valence-corrected chi connectivity index (χ4v) is 4.00. The van der Waals surface area contributed by atoms with Crippen LogP contribution >= 0.6 is 0 Å². The molecule has 1 aliphatic heterocycles. The van der Waals surface area contributed by atoms with Gasteiger partial charge in [-0.2, -0.15) is 0 Å². The van der Waals surface area contributed by atoms with E-state index in [0.29, 0.717) is 13.0 Å². The number of hydrogen-bond donors (Lipinski definition) is 3. The molecule has 2 fully saturated rings. The molecule has 132 valence electrons. The number of nitrogens with one attached hydrogen (secondary N) is 2. The second-order valence-electron chi connectivity index (χ2n) is 7.37. The zero-order valence-electron chi connectivity index (χ0n) is 14.5. The van der Waals surface area contributed by atoms with Crippen molar-refractivity contribution >= 4 is 11.6 Å². The molecule has 1 aliphatic carbocycles. The molecular formula is C20H30N2O2. The summed E-state index contributed by atoms with van der Waals surface area (Å²) >= 11 is 0. The van der Waals surface area contributed by atoms with Crippen molar-refractivity contribution in [2.75, 3.05) is 11.9 Å². The Labute approximate surface area is 145 Å². The number of carbonyl (C=O) groups is 1. The lowest BCUT2D eigenvalue weighted by Gasteiger charge is -2.21. The first-order chi connectivity index (χ1) is 11.7. The summed E-state index contributed by atoms with van der Waals surface area (Å²) in [7, 11) is 0. The van der Waals surface area contributed by atoms with Gasteiger partial charge in [-0.05, 0) is 49.4 Å². The van der Waals surface area contributed by atoms with Crippen LogP contribution < -0.4 is 10.6 Å². The lowest BCUT2D eigenvalue weighted by atomic mass is 9.85. The molecule has 1 heterocycles. The van der Waals surface area contributed by atoms with Crippen LogP contribution in [-0.2, 0) is 11.2 Å². The van der Waals surface area contributed by atoms with Crippen LogP contribution in [0.4, 0.5) is 5.69 Å². The van der Waals surface area contributed by atoms with E-state index in [0.717, 1.165) is 18.0 Å². The van der Waals surface area contributed by atoms with Crippen molar-refractivity contribution in [2.24, 2.45) is 5.92 Å². The third-order valence-corrected chi connectivity index (χ3v) is 5.50. The van der Waals surface area contributed by atoms with Gasteiger partial charge in [0.1, 0.15) is 6.04 Å². The predicted octanol–water partition coefficient (Wildman–Crippen LogP) is 3.25. The number of aliphatic hydroxyl groups excluding tert-OH is 1. The average molecular weight is 330 g/mol. The number of aliphatic hydroxyl groups is 1. The second-order valence-corrected chi connectivity index (χ2v) is 7.37. The Balaban J connectivity index is 1.42. The van der Waals surface area contributed by atoms with E-state index >= 15 is 0 Å². The molecule has 4 nitrogen and oxygen atoms in total. The SMILES string of the molecule is O=C(Nc1ccc(CCCC2CCCCC2)cc1)[C@H]1NCC[C@@H]1O. The fraction of sp³-hybridized carbons (Fsp3) is 0.650. The lowest BCUT2D eigenvalue weighted by Crippen LogP contribution is -2.42. The molecule has 0 unspecified atom stereocenters. The third-order valence-electron chi connectivity index (χ3n) is 5.50. The first kappa shape index (κ1) is 17.4. The van der Waals surface area contributed by atoms with E-state index in [1.807, 2.05) is 12.1 Å². The van der Waals surface area contributed by atoms with Gasteiger partial charge in [-0.15, -0.1) is 0 Å². The molecule has 1 saturated carbocycles. The molecule has 2 aliphatic rings. The normalized spacial score (nSPS) is 24.9. The molecule has 4 heteroatoms. The summed E-state index contributed by atoms with van der Waals surface area (Å²) in [5, 5.41) is 15.7. The highest BCUT2D eigenvalue weighted by atomic mass is 16.3. The van der Waals surface area contributed by atoms with E-state index < -0.39 is 12.1 Å². The molecule has 1 aromatic rings. The van der Waals surface area contributed by atoms with Gasteiger partial charge >= 0.3 is 0 Å². The van der Waals surface area contributed by atoms with Crippen LogP contribution in [0.25, 0.3) is 0 Å². The van der Waals surface area contributed by atoms with Crippen molar-refractivity contribution in [3.05, 3.63) is 29.8 Å². The van der Waals surface area contributed by atoms with Gasteiger partial charge in [0, 0.05) is 5.69 Å². The van der Waals surface area contributed by atoms with Crippen LogP contribution in [0.1, 0.15) is 56.9 Å². The monoisotopic (exact) mass is 330 g/mol. The van der Waals surface area contributed by atoms with Gasteiger partial charge in [0.2, 0.25) is 5.91 Å². The summed E-state index contributed by atoms with van der Waals surface area (Å²) in [4.78, 5) is 12.1. The molecule has 0 spiro atoms. The Morgan fingerprint density at radius 3 is 2.54 bits per heavy atom. The Morgan fingerprint density at radius 1 is 1.12 bits per heavy atom. The Morgan fingerprint density at radius 2 is 1.88 bits per heavy atom. The number of carbonyl (C=O) groups excluding carboxylic acids is 1. The van der Waals surface area contributed by atoms with E-state index in [9.17, 15) is 9.90 Å². The van der Waals surface area contributed by atoms with E-state index in [1.165, 1.54) is 50.5 Å². The van der Waals surface area contributed by atoms with E-state index in [2.05, 4.69) is 22.8 Å². The summed E-state index contributed by atoms with van der Waals surface area (Å²) in [6.45, 7) is 0.694. The van der Waals surface area contributed by atoms with E-state index in [1.54, 1.807) is 0 Å². The summed E-state index contributed by atoms with van der Waals surface area (Å²) in [6.07, 6.45) is 10.9. The maximum atomic E-state index is 12.1. The van der Waals surface area contributed by atoms with Crippen molar-refractivity contribution in [2.45, 2.75) is 69.9 Å². The molecule has 1 amide bonds. The highest BCUT2D eigenvalue weighted by Crippen LogP contribution is 2.27. The van der Waals surface area contributed by atoms with E-state index in [4.69, 9.17) is 0 Å². The first-order valence-corrected chi connectivity index (χ1v) is 9.53. The van der Waals surface area contributed by atoms with Crippen molar-refractivity contribution < 1.29 is 9.90 Å². The number of hydrogen-bond acceptors (Lipinski definition) is 3. The first-order valence-electron chi connectivity index (χ1n) is 9.53. The summed E-state index contributed by atoms with van der Waals surface area (Å²) in [6, 6.07) is 7.66. The topological polar surface area (TPSA) is 61.4 Å². The Hall–Kier alpha value is -1.39. The van der Waals surface area contributed by atoms with Gasteiger partial charge in [0.05, 0.1) is 6.10 Å². The number of rotatable bonds is 6. The van der Waals surface area contributed by atoms with Crippen LogP contribution in [0.5, 0.6) is 0 Å². The summed E-state index contributed by atoms with van der Waals surface area (Å²) in [5.41, 5.74) is 2.14. The number of anilines is 1. The molecule has 3 rings (SSSR count). The van der Waals surface area contributed by atoms with Crippen molar-refractivity contribution in [3.63, 3.8) is 0 Å². The quantitative estimate of drug-likeness (QED) is 0.750. The molecule has 1 aromatic carbocycles. The fourth-order valence-electron chi connectivity index (χ4n) is 4.00. The number of amides is 1. The zero-order valence-corrected chi connectivity index (χ0v) is 14.5. The second kappa shape index (κ2) is 8.63. The highest BCUT2D eigenvalue weighted by Gasteiger charge is 2.30. The molecule has 2 atom stereocenters. The van der Waals surface area contributed by atoms with Gasteiger partial charge in [-0.25, -0.2) is 0 Å². The van der Waals surface area contributed by atoms with Crippen molar-refractivity contribution in [1.29, 1.82) is 0 Å². The van der Waals surface area contributed by atoms with Gasteiger partial charge in [-0.1, -0.05) is 50.7 Å². The maximum Gasteiger partial charge on any atom is 0.244 e. The summed E-state index contributed by atoms with van der Waals surface area (Å²) in [5.74, 6) is 0.799. The van der Waals surface area contributed by atoms with Crippen LogP contribution in [-0.4, -0.2) is 29.7 Å². The highest BCUT2D eigenvalue weighted by molar-refractivity contribution is 5.95. The largest absolute Gasteiger partial charge is 0.391 e. The zero-order chi connectivity index (χ0) is 16.8. The number of aryl methyl sites for hydroxylation is 1. The van der Waals surface area contributed by atoms with Crippen LogP contribution in [0.2, 0.25) is 0 Å².